The first-order valence-electron chi connectivity index (χ1n) is 9.42. The van der Waals surface area contributed by atoms with Gasteiger partial charge in [-0.25, -0.2) is 8.78 Å². The molecule has 3 rings (SSSR count). The van der Waals surface area contributed by atoms with Gasteiger partial charge in [-0.15, -0.1) is 11.3 Å². The van der Waals surface area contributed by atoms with Gasteiger partial charge >= 0.3 is 0 Å². The second-order valence-electron chi connectivity index (χ2n) is 6.56. The monoisotopic (exact) mass is 449 g/mol. The standard InChI is InChI=1S/C21H21F2N3O4S/c1-2-15(28)11-8-13(22)19(14(23)9-11)16-10-12(20(24)29)21(31-16)26-17-4-3-5-18(25-17)30-7-6-27/h3-5,8-10,15,27-28H,2,6-7H2,1H3,(H2,24,29)(H,25,26). The summed E-state index contributed by atoms with van der Waals surface area (Å²) in [6, 6.07) is 8.31. The number of carbonyl (C=O) groups is 1. The SMILES string of the molecule is CCC(O)c1cc(F)c(-c2cc(C(N)=O)c(Nc3cccc(OCCO)n3)s2)c(F)c1. The summed E-state index contributed by atoms with van der Waals surface area (Å²) >= 11 is 0.933. The second kappa shape index (κ2) is 9.82. The molecule has 1 unspecified atom stereocenters. The maximum Gasteiger partial charge on any atom is 0.251 e. The Hall–Kier alpha value is -3.08. The zero-order valence-electron chi connectivity index (χ0n) is 16.6. The lowest BCUT2D eigenvalue weighted by atomic mass is 10.0. The van der Waals surface area contributed by atoms with Gasteiger partial charge in [0.05, 0.1) is 23.8 Å². The number of benzene rings is 1. The first-order valence-corrected chi connectivity index (χ1v) is 10.2. The Morgan fingerprint density at radius 1 is 1.29 bits per heavy atom. The van der Waals surface area contributed by atoms with Crippen molar-refractivity contribution >= 4 is 28.1 Å². The van der Waals surface area contributed by atoms with E-state index in [9.17, 15) is 18.7 Å². The Kier molecular flexibility index (Phi) is 7.16. The van der Waals surface area contributed by atoms with Crippen LogP contribution in [0.4, 0.5) is 19.6 Å². The summed E-state index contributed by atoms with van der Waals surface area (Å²) in [5.41, 5.74) is 5.30. The van der Waals surface area contributed by atoms with Crippen LogP contribution < -0.4 is 15.8 Å². The molecule has 5 N–H and O–H groups in total. The van der Waals surface area contributed by atoms with Crippen LogP contribution in [0.2, 0.25) is 0 Å². The molecule has 31 heavy (non-hydrogen) atoms. The van der Waals surface area contributed by atoms with Crippen LogP contribution in [0, 0.1) is 11.6 Å². The molecule has 0 aliphatic heterocycles. The summed E-state index contributed by atoms with van der Waals surface area (Å²) in [6.07, 6.45) is -0.670. The number of nitrogens with zero attached hydrogens (tertiary/aromatic N) is 1. The fourth-order valence-corrected chi connectivity index (χ4v) is 4.00. The predicted octanol–water partition coefficient (Wildman–Crippen LogP) is 3.75. The van der Waals surface area contributed by atoms with Gasteiger partial charge in [-0.3, -0.25) is 4.79 Å². The Balaban J connectivity index is 1.98. The lowest BCUT2D eigenvalue weighted by Gasteiger charge is -2.11. The van der Waals surface area contributed by atoms with E-state index in [-0.39, 0.29) is 45.7 Å². The highest BCUT2D eigenvalue weighted by molar-refractivity contribution is 7.20. The van der Waals surface area contributed by atoms with Crippen LogP contribution in [-0.2, 0) is 0 Å². The van der Waals surface area contributed by atoms with E-state index in [0.29, 0.717) is 12.2 Å². The van der Waals surface area contributed by atoms with Crippen molar-refractivity contribution in [1.29, 1.82) is 0 Å². The molecule has 0 aliphatic carbocycles. The number of hydrogen-bond acceptors (Lipinski definition) is 7. The van der Waals surface area contributed by atoms with Crippen LogP contribution in [0.15, 0.2) is 36.4 Å². The normalized spacial score (nSPS) is 11.9. The van der Waals surface area contributed by atoms with E-state index in [1.54, 1.807) is 25.1 Å². The molecule has 0 spiro atoms. The molecule has 10 heteroatoms. The van der Waals surface area contributed by atoms with Crippen LogP contribution in [-0.4, -0.2) is 34.3 Å². The van der Waals surface area contributed by atoms with Gasteiger partial charge in [0, 0.05) is 10.9 Å². The van der Waals surface area contributed by atoms with E-state index in [1.165, 1.54) is 6.07 Å². The minimum Gasteiger partial charge on any atom is -0.475 e. The highest BCUT2D eigenvalue weighted by atomic mass is 32.1. The third kappa shape index (κ3) is 5.16. The first kappa shape index (κ1) is 22.6. The average Bonchev–Trinajstić information content (AvgIpc) is 3.14. The maximum absolute atomic E-state index is 14.7. The molecule has 3 aromatic rings. The van der Waals surface area contributed by atoms with Crippen molar-refractivity contribution in [3.8, 4) is 16.3 Å². The Morgan fingerprint density at radius 2 is 2.00 bits per heavy atom. The molecule has 0 aliphatic rings. The molecule has 2 heterocycles. The quantitative estimate of drug-likeness (QED) is 0.395. The van der Waals surface area contributed by atoms with Gasteiger partial charge in [0.2, 0.25) is 5.88 Å². The van der Waals surface area contributed by atoms with Crippen LogP contribution in [0.1, 0.15) is 35.4 Å². The van der Waals surface area contributed by atoms with Crippen LogP contribution >= 0.6 is 11.3 Å². The molecular formula is C21H21F2N3O4S. The highest BCUT2D eigenvalue weighted by Gasteiger charge is 2.22. The molecule has 1 amide bonds. The molecule has 0 fully saturated rings. The van der Waals surface area contributed by atoms with Gasteiger partial charge in [0.15, 0.2) is 0 Å². The van der Waals surface area contributed by atoms with Crippen LogP contribution in [0.3, 0.4) is 0 Å². The molecule has 2 aromatic heterocycles. The van der Waals surface area contributed by atoms with E-state index in [1.807, 2.05) is 0 Å². The number of ether oxygens (including phenoxy) is 1. The summed E-state index contributed by atoms with van der Waals surface area (Å²) in [4.78, 5) is 16.3. The van der Waals surface area contributed by atoms with Crippen molar-refractivity contribution in [3.63, 3.8) is 0 Å². The fraction of sp³-hybridized carbons (Fsp3) is 0.238. The topological polar surface area (TPSA) is 118 Å². The zero-order chi connectivity index (χ0) is 22.5. The lowest BCUT2D eigenvalue weighted by molar-refractivity contribution is 0.100. The number of rotatable bonds is 9. The number of aliphatic hydroxyl groups is 2. The number of nitrogens with one attached hydrogen (secondary N) is 1. The molecular weight excluding hydrogens is 428 g/mol. The largest absolute Gasteiger partial charge is 0.475 e. The number of halogens is 2. The van der Waals surface area contributed by atoms with Gasteiger partial charge in [-0.1, -0.05) is 13.0 Å². The number of nitrogens with two attached hydrogens (primary N) is 1. The molecule has 1 atom stereocenters. The smallest absolute Gasteiger partial charge is 0.251 e. The van der Waals surface area contributed by atoms with Gasteiger partial charge in [-0.05, 0) is 36.2 Å². The van der Waals surface area contributed by atoms with Crippen molar-refractivity contribution < 1.29 is 28.5 Å². The maximum atomic E-state index is 14.7. The van der Waals surface area contributed by atoms with Crippen molar-refractivity contribution in [3.05, 3.63) is 59.2 Å². The number of hydrogen-bond donors (Lipinski definition) is 4. The number of aromatic nitrogens is 1. The Labute approximate surface area is 181 Å². The minimum atomic E-state index is -0.980. The van der Waals surface area contributed by atoms with Crippen molar-refractivity contribution in [2.45, 2.75) is 19.4 Å². The number of amides is 1. The predicted molar refractivity (Wildman–Crippen MR) is 114 cm³/mol. The minimum absolute atomic E-state index is 0.0416. The number of pyridine rings is 1. The van der Waals surface area contributed by atoms with Crippen molar-refractivity contribution in [2.75, 3.05) is 18.5 Å². The molecule has 0 bridgehead atoms. The third-order valence-corrected chi connectivity index (χ3v) is 5.45. The fourth-order valence-electron chi connectivity index (χ4n) is 2.88. The lowest BCUT2D eigenvalue weighted by Crippen LogP contribution is -2.11. The number of thiophene rings is 1. The second-order valence-corrected chi connectivity index (χ2v) is 7.61. The number of anilines is 2. The van der Waals surface area contributed by atoms with E-state index in [4.69, 9.17) is 15.6 Å². The van der Waals surface area contributed by atoms with Crippen molar-refractivity contribution in [2.24, 2.45) is 5.73 Å². The average molecular weight is 449 g/mol. The summed E-state index contributed by atoms with van der Waals surface area (Å²) < 4.78 is 34.7. The van der Waals surface area contributed by atoms with Crippen molar-refractivity contribution in [1.82, 2.24) is 4.98 Å². The Bertz CT molecular complexity index is 1070. The summed E-state index contributed by atoms with van der Waals surface area (Å²) in [5, 5.41) is 21.9. The number of primary amides is 1. The van der Waals surface area contributed by atoms with E-state index in [0.717, 1.165) is 23.5 Å². The van der Waals surface area contributed by atoms with Crippen LogP contribution in [0.5, 0.6) is 5.88 Å². The molecule has 7 nitrogen and oxygen atoms in total. The van der Waals surface area contributed by atoms with Gasteiger partial charge in [-0.2, -0.15) is 4.98 Å². The van der Waals surface area contributed by atoms with Gasteiger partial charge in [0.1, 0.15) is 29.1 Å². The molecule has 0 saturated carbocycles. The first-order chi connectivity index (χ1) is 14.8. The summed E-state index contributed by atoms with van der Waals surface area (Å²) in [5.74, 6) is -1.93. The van der Waals surface area contributed by atoms with Gasteiger partial charge in [0.25, 0.3) is 5.91 Å². The molecule has 0 saturated heterocycles. The third-order valence-electron chi connectivity index (χ3n) is 4.39. The summed E-state index contributed by atoms with van der Waals surface area (Å²) in [7, 11) is 0. The molecule has 0 radical (unpaired) electrons. The highest BCUT2D eigenvalue weighted by Crippen LogP contribution is 2.40. The zero-order valence-corrected chi connectivity index (χ0v) is 17.4. The number of aliphatic hydroxyl groups excluding tert-OH is 2. The summed E-state index contributed by atoms with van der Waals surface area (Å²) in [6.45, 7) is 1.58. The van der Waals surface area contributed by atoms with E-state index in [2.05, 4.69) is 10.3 Å². The Morgan fingerprint density at radius 3 is 2.61 bits per heavy atom. The van der Waals surface area contributed by atoms with Gasteiger partial charge < -0.3 is 26.0 Å². The number of carbonyl (C=O) groups excluding carboxylic acids is 1. The van der Waals surface area contributed by atoms with Crippen LogP contribution in [0.25, 0.3) is 10.4 Å². The molecule has 1 aromatic carbocycles. The molecule has 164 valence electrons. The van der Waals surface area contributed by atoms with E-state index >= 15 is 0 Å². The van der Waals surface area contributed by atoms with E-state index < -0.39 is 23.6 Å².